The number of H-pyrrole nitrogens is 1. The van der Waals surface area contributed by atoms with Gasteiger partial charge in [0.05, 0.1) is 11.1 Å². The van der Waals surface area contributed by atoms with Crippen LogP contribution in [0.15, 0.2) is 30.5 Å². The fraction of sp³-hybridized carbons (Fsp3) is 0.550. The zero-order valence-electron chi connectivity index (χ0n) is 14.8. The van der Waals surface area contributed by atoms with Gasteiger partial charge in [-0.3, -0.25) is 4.79 Å². The quantitative estimate of drug-likeness (QED) is 0.940. The Hall–Kier alpha value is -1.81. The topological polar surface area (TPSA) is 39.3 Å². The van der Waals surface area contributed by atoms with Gasteiger partial charge in [0, 0.05) is 30.7 Å². The van der Waals surface area contributed by atoms with Gasteiger partial charge in [0.15, 0.2) is 0 Å². The predicted molar refractivity (Wildman–Crippen MR) is 97.1 cm³/mol. The molecule has 2 saturated carbocycles. The van der Waals surface area contributed by atoms with Crippen molar-refractivity contribution in [2.75, 3.05) is 21.1 Å². The molecule has 4 rings (SSSR count). The number of amides is 1. The van der Waals surface area contributed by atoms with Crippen LogP contribution in [0.2, 0.25) is 0 Å². The molecular weight excluding hydrogens is 298 g/mol. The van der Waals surface area contributed by atoms with Crippen LogP contribution in [-0.4, -0.2) is 53.9 Å². The first-order chi connectivity index (χ1) is 11.5. The largest absolute Gasteiger partial charge is 0.361 e. The summed E-state index contributed by atoms with van der Waals surface area (Å²) in [6.07, 6.45) is 6.82. The van der Waals surface area contributed by atoms with Gasteiger partial charge in [-0.1, -0.05) is 12.1 Å². The zero-order chi connectivity index (χ0) is 16.8. The van der Waals surface area contributed by atoms with Crippen LogP contribution in [0.5, 0.6) is 0 Å². The molecule has 24 heavy (non-hydrogen) atoms. The third-order valence-corrected chi connectivity index (χ3v) is 6.38. The second-order valence-electron chi connectivity index (χ2n) is 7.90. The molecule has 1 aromatic carbocycles. The highest BCUT2D eigenvalue weighted by Crippen LogP contribution is 2.46. The van der Waals surface area contributed by atoms with Gasteiger partial charge in [-0.25, -0.2) is 0 Å². The summed E-state index contributed by atoms with van der Waals surface area (Å²) in [4.78, 5) is 20.6. The van der Waals surface area contributed by atoms with Gasteiger partial charge in [-0.2, -0.15) is 0 Å². The highest BCUT2D eigenvalue weighted by molar-refractivity contribution is 6.05. The number of aromatic amines is 1. The first kappa shape index (κ1) is 15.7. The number of benzene rings is 1. The first-order valence-corrected chi connectivity index (χ1v) is 9.04. The zero-order valence-corrected chi connectivity index (χ0v) is 14.8. The molecule has 2 aliphatic rings. The maximum atomic E-state index is 13.0. The maximum absolute atomic E-state index is 13.0. The number of nitrogens with zero attached hydrogens (tertiary/aromatic N) is 2. The molecule has 1 amide bonds. The molecule has 2 unspecified atom stereocenters. The molecule has 0 radical (unpaired) electrons. The minimum absolute atomic E-state index is 0.150. The summed E-state index contributed by atoms with van der Waals surface area (Å²) < 4.78 is 0. The molecule has 4 heteroatoms. The Morgan fingerprint density at radius 1 is 1.00 bits per heavy atom. The monoisotopic (exact) mass is 325 g/mol. The van der Waals surface area contributed by atoms with Gasteiger partial charge in [0.2, 0.25) is 0 Å². The average Bonchev–Trinajstić information content (AvgIpc) is 3.26. The summed E-state index contributed by atoms with van der Waals surface area (Å²) >= 11 is 0. The summed E-state index contributed by atoms with van der Waals surface area (Å²) in [7, 11) is 6.37. The van der Waals surface area contributed by atoms with Crippen molar-refractivity contribution in [3.63, 3.8) is 0 Å². The van der Waals surface area contributed by atoms with Crippen molar-refractivity contribution in [3.8, 4) is 0 Å². The van der Waals surface area contributed by atoms with E-state index in [1.165, 1.54) is 12.8 Å². The standard InChI is InChI=1S/C20H27N3O/c1-22(2)16-9-14-11-17(12-15(14)10-16)23(3)20(24)18-6-4-5-13-7-8-21-19(13)18/h4-8,14-17,21H,9-12H2,1-3H3/t14-,15+,16?,17?. The van der Waals surface area contributed by atoms with Crippen LogP contribution in [0.4, 0.5) is 0 Å². The van der Waals surface area contributed by atoms with Gasteiger partial charge >= 0.3 is 0 Å². The second-order valence-corrected chi connectivity index (χ2v) is 7.90. The third-order valence-electron chi connectivity index (χ3n) is 6.38. The van der Waals surface area contributed by atoms with Gasteiger partial charge in [0.1, 0.15) is 0 Å². The first-order valence-electron chi connectivity index (χ1n) is 9.04. The maximum Gasteiger partial charge on any atom is 0.255 e. The Labute approximate surface area is 143 Å². The van der Waals surface area contributed by atoms with Crippen LogP contribution < -0.4 is 0 Å². The Morgan fingerprint density at radius 2 is 1.67 bits per heavy atom. The van der Waals surface area contributed by atoms with Crippen molar-refractivity contribution in [2.24, 2.45) is 11.8 Å². The van der Waals surface area contributed by atoms with E-state index < -0.39 is 0 Å². The number of nitrogens with one attached hydrogen (secondary N) is 1. The van der Waals surface area contributed by atoms with E-state index in [0.717, 1.165) is 47.2 Å². The molecular formula is C20H27N3O. The molecule has 0 saturated heterocycles. The van der Waals surface area contributed by atoms with Crippen molar-refractivity contribution in [1.29, 1.82) is 0 Å². The van der Waals surface area contributed by atoms with E-state index >= 15 is 0 Å². The summed E-state index contributed by atoms with van der Waals surface area (Å²) in [5.74, 6) is 1.73. The number of aromatic nitrogens is 1. The van der Waals surface area contributed by atoms with Crippen molar-refractivity contribution >= 4 is 16.8 Å². The molecule has 0 bridgehead atoms. The third kappa shape index (κ3) is 2.53. The normalized spacial score (nSPS) is 29.3. The van der Waals surface area contributed by atoms with Gasteiger partial charge in [-0.05, 0) is 63.7 Å². The molecule has 1 heterocycles. The molecule has 128 valence electrons. The Kier molecular flexibility index (Phi) is 3.87. The Balaban J connectivity index is 1.48. The van der Waals surface area contributed by atoms with Crippen LogP contribution in [0.1, 0.15) is 36.0 Å². The van der Waals surface area contributed by atoms with E-state index in [1.54, 1.807) is 0 Å². The van der Waals surface area contributed by atoms with Crippen LogP contribution >= 0.6 is 0 Å². The van der Waals surface area contributed by atoms with Crippen molar-refractivity contribution in [3.05, 3.63) is 36.0 Å². The molecule has 0 aliphatic heterocycles. The van der Waals surface area contributed by atoms with Crippen LogP contribution in [-0.2, 0) is 0 Å². The molecule has 1 N–H and O–H groups in total. The lowest BCUT2D eigenvalue weighted by atomic mass is 10.0. The highest BCUT2D eigenvalue weighted by Gasteiger charge is 2.44. The molecule has 4 nitrogen and oxygen atoms in total. The van der Waals surface area contributed by atoms with Crippen molar-refractivity contribution in [1.82, 2.24) is 14.8 Å². The summed E-state index contributed by atoms with van der Waals surface area (Å²) in [6, 6.07) is 9.10. The lowest BCUT2D eigenvalue weighted by molar-refractivity contribution is 0.0728. The van der Waals surface area contributed by atoms with Crippen LogP contribution in [0, 0.1) is 11.8 Å². The van der Waals surface area contributed by atoms with E-state index in [2.05, 4.69) is 24.0 Å². The average molecular weight is 325 g/mol. The minimum Gasteiger partial charge on any atom is -0.361 e. The van der Waals surface area contributed by atoms with Crippen molar-refractivity contribution < 1.29 is 4.79 Å². The SMILES string of the molecule is CN(C)C1C[C@@H]2CC(N(C)C(=O)c3cccc4cc[nH]c34)C[C@@H]2C1. The molecule has 4 atom stereocenters. The fourth-order valence-corrected chi connectivity index (χ4v) is 4.91. The van der Waals surface area contributed by atoms with Gasteiger partial charge in [0.25, 0.3) is 5.91 Å². The molecule has 1 aromatic heterocycles. The number of hydrogen-bond donors (Lipinski definition) is 1. The number of fused-ring (bicyclic) bond motifs is 2. The van der Waals surface area contributed by atoms with Crippen molar-refractivity contribution in [2.45, 2.75) is 37.8 Å². The second kappa shape index (κ2) is 5.92. The van der Waals surface area contributed by atoms with E-state index in [9.17, 15) is 4.79 Å². The summed E-state index contributed by atoms with van der Waals surface area (Å²) in [5.41, 5.74) is 1.75. The number of carbonyl (C=O) groups is 1. The van der Waals surface area contributed by atoms with Crippen LogP contribution in [0.25, 0.3) is 10.9 Å². The lowest BCUT2D eigenvalue weighted by Gasteiger charge is -2.27. The van der Waals surface area contributed by atoms with E-state index in [4.69, 9.17) is 0 Å². The lowest BCUT2D eigenvalue weighted by Crippen LogP contribution is -2.36. The fourth-order valence-electron chi connectivity index (χ4n) is 4.91. The minimum atomic E-state index is 0.150. The molecule has 2 aliphatic carbocycles. The molecule has 2 aromatic rings. The molecule has 0 spiro atoms. The summed E-state index contributed by atoms with van der Waals surface area (Å²) in [6.45, 7) is 0. The number of rotatable bonds is 3. The number of para-hydroxylation sites is 1. The number of hydrogen-bond acceptors (Lipinski definition) is 2. The smallest absolute Gasteiger partial charge is 0.255 e. The van der Waals surface area contributed by atoms with Crippen LogP contribution in [0.3, 0.4) is 0 Å². The molecule has 2 fully saturated rings. The van der Waals surface area contributed by atoms with Gasteiger partial charge in [-0.15, -0.1) is 0 Å². The highest BCUT2D eigenvalue weighted by atomic mass is 16.2. The van der Waals surface area contributed by atoms with E-state index in [1.807, 2.05) is 42.4 Å². The number of carbonyl (C=O) groups excluding carboxylic acids is 1. The van der Waals surface area contributed by atoms with Gasteiger partial charge < -0.3 is 14.8 Å². The van der Waals surface area contributed by atoms with E-state index in [0.29, 0.717) is 6.04 Å². The predicted octanol–water partition coefficient (Wildman–Crippen LogP) is 3.36. The Bertz CT molecular complexity index is 736. The summed E-state index contributed by atoms with van der Waals surface area (Å²) in [5, 5.41) is 1.10. The Morgan fingerprint density at radius 3 is 2.33 bits per heavy atom. The van der Waals surface area contributed by atoms with E-state index in [-0.39, 0.29) is 5.91 Å².